The Morgan fingerprint density at radius 3 is 2.86 bits per heavy atom. The Labute approximate surface area is 122 Å². The quantitative estimate of drug-likeness (QED) is 0.800. The van der Waals surface area contributed by atoms with Crippen molar-refractivity contribution in [1.29, 1.82) is 0 Å². The molecule has 21 heavy (non-hydrogen) atoms. The summed E-state index contributed by atoms with van der Waals surface area (Å²) < 4.78 is 33.8. The first-order valence-electron chi connectivity index (χ1n) is 6.69. The fourth-order valence-electron chi connectivity index (χ4n) is 2.15. The van der Waals surface area contributed by atoms with Gasteiger partial charge in [0.1, 0.15) is 0 Å². The molecule has 1 aliphatic carbocycles. The van der Waals surface area contributed by atoms with Crippen molar-refractivity contribution >= 4 is 10.0 Å². The average molecular weight is 311 g/mol. The summed E-state index contributed by atoms with van der Waals surface area (Å²) in [7, 11) is -3.62. The van der Waals surface area contributed by atoms with E-state index in [0.717, 1.165) is 18.5 Å². The topological polar surface area (TPSA) is 116 Å². The zero-order valence-electron chi connectivity index (χ0n) is 11.6. The lowest BCUT2D eigenvalue weighted by Crippen LogP contribution is -2.23. The molecule has 1 fully saturated rings. The molecule has 0 aromatic carbocycles. The summed E-state index contributed by atoms with van der Waals surface area (Å²) in [5, 5.41) is 3.61. The number of nitrogens with zero attached hydrogens (tertiary/aromatic N) is 3. The van der Waals surface area contributed by atoms with Crippen LogP contribution in [0.5, 0.6) is 0 Å². The molecule has 0 amide bonds. The van der Waals surface area contributed by atoms with Crippen LogP contribution in [0.3, 0.4) is 0 Å². The summed E-state index contributed by atoms with van der Waals surface area (Å²) in [6, 6.07) is 1.99. The van der Waals surface area contributed by atoms with Gasteiger partial charge in [0.25, 0.3) is 0 Å². The molecular weight excluding hydrogens is 294 g/mol. The van der Waals surface area contributed by atoms with Gasteiger partial charge in [-0.3, -0.25) is 0 Å². The lowest BCUT2D eigenvalue weighted by atomic mass is 10.4. The van der Waals surface area contributed by atoms with Gasteiger partial charge < -0.3 is 14.8 Å². The van der Waals surface area contributed by atoms with Gasteiger partial charge in [0.05, 0.1) is 11.4 Å². The van der Waals surface area contributed by atoms with Crippen molar-refractivity contribution in [2.24, 2.45) is 5.73 Å². The second-order valence-electron chi connectivity index (χ2n) is 5.07. The van der Waals surface area contributed by atoms with Crippen LogP contribution in [-0.2, 0) is 23.1 Å². The Morgan fingerprint density at radius 2 is 2.29 bits per heavy atom. The highest BCUT2D eigenvalue weighted by atomic mass is 32.2. The normalized spacial score (nSPS) is 15.5. The largest absolute Gasteiger partial charge is 0.346 e. The van der Waals surface area contributed by atoms with Crippen molar-refractivity contribution in [3.8, 4) is 0 Å². The highest BCUT2D eigenvalue weighted by Gasteiger charge is 2.28. The molecule has 0 aliphatic heterocycles. The molecule has 2 aromatic heterocycles. The molecule has 0 radical (unpaired) electrons. The maximum Gasteiger partial charge on any atom is 0.242 e. The molecular formula is C12H17N5O3S. The monoisotopic (exact) mass is 311 g/mol. The molecule has 3 rings (SSSR count). The summed E-state index contributed by atoms with van der Waals surface area (Å²) in [6.45, 7) is 1.95. The smallest absolute Gasteiger partial charge is 0.242 e. The standard InChI is InChI=1S/C12H17N5O3S/c1-8-15-12(20-16-8)6-14-21(18,19)11-4-10(5-13)17(7-11)9-2-3-9/h4,7,9,14H,2-3,5-6,13H2,1H3. The average Bonchev–Trinajstić information content (AvgIpc) is 3.05. The van der Waals surface area contributed by atoms with Gasteiger partial charge in [0.15, 0.2) is 5.82 Å². The van der Waals surface area contributed by atoms with E-state index in [1.807, 2.05) is 4.57 Å². The summed E-state index contributed by atoms with van der Waals surface area (Å²) in [6.07, 6.45) is 3.77. The molecule has 0 atom stereocenters. The minimum atomic E-state index is -3.62. The zero-order chi connectivity index (χ0) is 15.0. The van der Waals surface area contributed by atoms with Crippen molar-refractivity contribution in [2.75, 3.05) is 0 Å². The lowest BCUT2D eigenvalue weighted by molar-refractivity contribution is 0.372. The minimum absolute atomic E-state index is 0.0320. The molecule has 0 unspecified atom stereocenters. The molecule has 2 heterocycles. The van der Waals surface area contributed by atoms with Crippen LogP contribution in [0.15, 0.2) is 21.7 Å². The predicted molar refractivity (Wildman–Crippen MR) is 73.7 cm³/mol. The molecule has 114 valence electrons. The summed E-state index contributed by atoms with van der Waals surface area (Å²) in [5.74, 6) is 0.700. The van der Waals surface area contributed by atoms with E-state index in [9.17, 15) is 8.42 Å². The minimum Gasteiger partial charge on any atom is -0.346 e. The number of nitrogens with one attached hydrogen (secondary N) is 1. The molecule has 8 nitrogen and oxygen atoms in total. The molecule has 1 aliphatic rings. The van der Waals surface area contributed by atoms with E-state index >= 15 is 0 Å². The highest BCUT2D eigenvalue weighted by Crippen LogP contribution is 2.37. The Balaban J connectivity index is 1.77. The van der Waals surface area contributed by atoms with Gasteiger partial charge in [-0.2, -0.15) is 4.98 Å². The van der Waals surface area contributed by atoms with Gasteiger partial charge >= 0.3 is 0 Å². The Bertz CT molecular complexity index is 745. The summed E-state index contributed by atoms with van der Waals surface area (Å²) in [4.78, 5) is 4.17. The zero-order valence-corrected chi connectivity index (χ0v) is 12.4. The second kappa shape index (κ2) is 5.24. The molecule has 0 spiro atoms. The van der Waals surface area contributed by atoms with Crippen LogP contribution < -0.4 is 10.5 Å². The van der Waals surface area contributed by atoms with E-state index in [2.05, 4.69) is 14.9 Å². The molecule has 9 heteroatoms. The van der Waals surface area contributed by atoms with Gasteiger partial charge in [0.2, 0.25) is 15.9 Å². The van der Waals surface area contributed by atoms with E-state index in [0.29, 0.717) is 18.4 Å². The van der Waals surface area contributed by atoms with Gasteiger partial charge in [-0.1, -0.05) is 5.16 Å². The molecule has 0 saturated heterocycles. The van der Waals surface area contributed by atoms with E-state index in [4.69, 9.17) is 10.3 Å². The Morgan fingerprint density at radius 1 is 1.52 bits per heavy atom. The summed E-state index contributed by atoms with van der Waals surface area (Å²) in [5.41, 5.74) is 6.50. The van der Waals surface area contributed by atoms with Crippen LogP contribution in [0, 0.1) is 6.92 Å². The maximum atomic E-state index is 12.3. The van der Waals surface area contributed by atoms with Crippen molar-refractivity contribution in [1.82, 2.24) is 19.4 Å². The number of hydrogen-bond donors (Lipinski definition) is 2. The van der Waals surface area contributed by atoms with Gasteiger partial charge in [-0.25, -0.2) is 13.1 Å². The van der Waals surface area contributed by atoms with Crippen LogP contribution >= 0.6 is 0 Å². The van der Waals surface area contributed by atoms with Crippen LogP contribution in [0.2, 0.25) is 0 Å². The van der Waals surface area contributed by atoms with Crippen molar-refractivity contribution in [2.45, 2.75) is 43.8 Å². The highest BCUT2D eigenvalue weighted by molar-refractivity contribution is 7.89. The number of hydrogen-bond acceptors (Lipinski definition) is 6. The lowest BCUT2D eigenvalue weighted by Gasteiger charge is -2.03. The Kier molecular flexibility index (Phi) is 3.56. The van der Waals surface area contributed by atoms with Gasteiger partial charge in [-0.15, -0.1) is 0 Å². The summed E-state index contributed by atoms with van der Waals surface area (Å²) >= 11 is 0. The second-order valence-corrected chi connectivity index (χ2v) is 6.84. The molecule has 2 aromatic rings. The first-order valence-corrected chi connectivity index (χ1v) is 8.17. The van der Waals surface area contributed by atoms with Crippen molar-refractivity contribution in [3.63, 3.8) is 0 Å². The third kappa shape index (κ3) is 2.99. The van der Waals surface area contributed by atoms with Crippen LogP contribution in [0.1, 0.15) is 36.3 Å². The fourth-order valence-corrected chi connectivity index (χ4v) is 3.18. The molecule has 1 saturated carbocycles. The first kappa shape index (κ1) is 14.2. The predicted octanol–water partition coefficient (Wildman–Crippen LogP) is 0.452. The van der Waals surface area contributed by atoms with E-state index in [1.54, 1.807) is 19.2 Å². The molecule has 0 bridgehead atoms. The first-order chi connectivity index (χ1) is 9.99. The van der Waals surface area contributed by atoms with E-state index in [-0.39, 0.29) is 17.3 Å². The van der Waals surface area contributed by atoms with E-state index < -0.39 is 10.0 Å². The van der Waals surface area contributed by atoms with Crippen LogP contribution in [0.25, 0.3) is 0 Å². The van der Waals surface area contributed by atoms with Crippen molar-refractivity contribution in [3.05, 3.63) is 29.7 Å². The molecule has 3 N–H and O–H groups in total. The fraction of sp³-hybridized carbons (Fsp3) is 0.500. The maximum absolute atomic E-state index is 12.3. The number of rotatable bonds is 6. The van der Waals surface area contributed by atoms with E-state index in [1.165, 1.54) is 0 Å². The van der Waals surface area contributed by atoms with Gasteiger partial charge in [0, 0.05) is 24.5 Å². The third-order valence-electron chi connectivity index (χ3n) is 3.35. The van der Waals surface area contributed by atoms with Crippen LogP contribution in [0.4, 0.5) is 0 Å². The number of sulfonamides is 1. The SMILES string of the molecule is Cc1noc(CNS(=O)(=O)c2cc(CN)n(C3CC3)c2)n1. The number of aryl methyl sites for hydroxylation is 1. The van der Waals surface area contributed by atoms with Crippen LogP contribution in [-0.4, -0.2) is 23.1 Å². The van der Waals surface area contributed by atoms with Crippen molar-refractivity contribution < 1.29 is 12.9 Å². The Hall–Kier alpha value is -1.71. The third-order valence-corrected chi connectivity index (χ3v) is 4.72. The number of nitrogens with two attached hydrogens (primary N) is 1. The number of aromatic nitrogens is 3. The van der Waals surface area contributed by atoms with Gasteiger partial charge in [-0.05, 0) is 25.8 Å².